The van der Waals surface area contributed by atoms with E-state index in [1.807, 2.05) is 0 Å². The zero-order valence-corrected chi connectivity index (χ0v) is 16.5. The van der Waals surface area contributed by atoms with Crippen LogP contribution >= 0.6 is 0 Å². The summed E-state index contributed by atoms with van der Waals surface area (Å²) in [4.78, 5) is 14.6. The number of hydrogen-bond donors (Lipinski definition) is 0. The van der Waals surface area contributed by atoms with E-state index < -0.39 is 10.0 Å². The van der Waals surface area contributed by atoms with Gasteiger partial charge in [0.15, 0.2) is 5.75 Å². The van der Waals surface area contributed by atoms with Crippen LogP contribution in [0.1, 0.15) is 21.5 Å². The van der Waals surface area contributed by atoms with Crippen molar-refractivity contribution < 1.29 is 27.1 Å². The summed E-state index contributed by atoms with van der Waals surface area (Å²) in [6, 6.07) is 5.82. The van der Waals surface area contributed by atoms with E-state index in [1.54, 1.807) is 17.0 Å². The molecule has 0 N–H and O–H groups in total. The zero-order valence-electron chi connectivity index (χ0n) is 15.7. The minimum atomic E-state index is -3.70. The topological polar surface area (TPSA) is 93.9 Å². The first-order valence-electron chi connectivity index (χ1n) is 8.44. The highest BCUT2D eigenvalue weighted by Crippen LogP contribution is 2.33. The van der Waals surface area contributed by atoms with Crippen LogP contribution in [0.5, 0.6) is 5.75 Å². The molecule has 3 rings (SSSR count). The first-order chi connectivity index (χ1) is 13.1. The Balaban J connectivity index is 2.05. The molecule has 0 aliphatic carbocycles. The van der Waals surface area contributed by atoms with Gasteiger partial charge in [0.05, 0.1) is 31.5 Å². The van der Waals surface area contributed by atoms with Crippen molar-refractivity contribution >= 4 is 21.7 Å². The van der Waals surface area contributed by atoms with Crippen LogP contribution in [0.15, 0.2) is 30.5 Å². The molecule has 0 unspecified atom stereocenters. The molecule has 0 saturated carbocycles. The number of methoxy groups -OCH3 is 1. The monoisotopic (exact) mass is 409 g/mol. The Hall–Kier alpha value is -2.88. The number of carbonyl (C=O) groups excluding carboxylic acids is 1. The zero-order chi connectivity index (χ0) is 20.6. The summed E-state index contributed by atoms with van der Waals surface area (Å²) in [6.07, 6.45) is 2.31. The average molecular weight is 409 g/mol. The van der Waals surface area contributed by atoms with Gasteiger partial charge in [-0.05, 0) is 24.1 Å². The second kappa shape index (κ2) is 7.27. The van der Waals surface area contributed by atoms with E-state index in [0.29, 0.717) is 10.3 Å². The minimum Gasteiger partial charge on any atom is -0.710 e. The molecule has 1 aromatic heterocycles. The summed E-state index contributed by atoms with van der Waals surface area (Å²) < 4.78 is 43.5. The third-order valence-electron chi connectivity index (χ3n) is 4.70. The number of fused-ring (bicyclic) bond motifs is 1. The molecule has 0 saturated heterocycles. The lowest BCUT2D eigenvalue weighted by Gasteiger charge is -2.31. The van der Waals surface area contributed by atoms with Crippen LogP contribution < -0.4 is 13.8 Å². The Labute approximate surface area is 162 Å². The van der Waals surface area contributed by atoms with Gasteiger partial charge in [-0.25, -0.2) is 9.12 Å². The maximum atomic E-state index is 13.1. The fraction of sp³-hybridized carbons (Fsp3) is 0.333. The molecule has 0 radical (unpaired) electrons. The number of aromatic nitrogens is 1. The predicted molar refractivity (Wildman–Crippen MR) is 100 cm³/mol. The number of anilines is 1. The molecule has 1 amide bonds. The first kappa shape index (κ1) is 19.9. The quantitative estimate of drug-likeness (QED) is 0.544. The number of benzene rings is 1. The number of hydrogen-bond acceptors (Lipinski definition) is 5. The van der Waals surface area contributed by atoms with E-state index in [0.717, 1.165) is 22.3 Å². The lowest BCUT2D eigenvalue weighted by atomic mass is 9.98. The van der Waals surface area contributed by atoms with Gasteiger partial charge in [-0.15, -0.1) is 0 Å². The Bertz CT molecular complexity index is 1020. The largest absolute Gasteiger partial charge is 0.710 e. The second-order valence-electron chi connectivity index (χ2n) is 6.53. The Kier molecular flexibility index (Phi) is 5.16. The van der Waals surface area contributed by atoms with Gasteiger partial charge >= 0.3 is 0 Å². The maximum Gasteiger partial charge on any atom is 0.299 e. The van der Waals surface area contributed by atoms with Crippen LogP contribution in [-0.2, 0) is 23.0 Å². The van der Waals surface area contributed by atoms with Gasteiger partial charge in [0.1, 0.15) is 12.0 Å². The average Bonchev–Trinajstić information content (AvgIpc) is 2.63. The molecule has 0 fully saturated rings. The van der Waals surface area contributed by atoms with E-state index >= 15 is 0 Å². The van der Waals surface area contributed by atoms with Crippen LogP contribution in [0.4, 0.5) is 10.2 Å². The van der Waals surface area contributed by atoms with Crippen molar-refractivity contribution in [2.45, 2.75) is 13.0 Å². The summed E-state index contributed by atoms with van der Waals surface area (Å²) in [7, 11) is -1.10. The highest BCUT2D eigenvalue weighted by atomic mass is 32.2. The number of nitrogens with zero attached hydrogens (tertiary/aromatic N) is 3. The summed E-state index contributed by atoms with van der Waals surface area (Å²) in [6.45, 7) is 0.534. The molecule has 0 atom stereocenters. The number of carbonyl (C=O) groups is 1. The number of halogens is 1. The number of sulfonamides is 1. The minimum absolute atomic E-state index is 0.0736. The molecule has 1 aromatic carbocycles. The highest BCUT2D eigenvalue weighted by Gasteiger charge is 2.37. The van der Waals surface area contributed by atoms with Crippen molar-refractivity contribution in [3.05, 3.63) is 58.2 Å². The molecule has 10 heteroatoms. The summed E-state index contributed by atoms with van der Waals surface area (Å²) >= 11 is 0. The fourth-order valence-corrected chi connectivity index (χ4v) is 3.71. The van der Waals surface area contributed by atoms with Crippen LogP contribution in [-0.4, -0.2) is 46.2 Å². The van der Waals surface area contributed by atoms with Gasteiger partial charge in [0.25, 0.3) is 21.7 Å². The van der Waals surface area contributed by atoms with Gasteiger partial charge in [-0.1, -0.05) is 12.1 Å². The standard InChI is InChI=1S/C18H20FN3O5S/c1-20(28(3,25)26)17-14-8-9-21(10-12-4-6-13(19)7-5-12)18(23)16(14)15(27-2)11-22(17)24/h4-7,11H,8-10H2,1-3H3. The van der Waals surface area contributed by atoms with E-state index in [4.69, 9.17) is 4.74 Å². The van der Waals surface area contributed by atoms with Gasteiger partial charge in [0, 0.05) is 13.1 Å². The molecule has 2 aromatic rings. The number of pyridine rings is 1. The molecule has 28 heavy (non-hydrogen) atoms. The third kappa shape index (κ3) is 3.59. The number of rotatable bonds is 5. The molecular formula is C18H20FN3O5S. The van der Waals surface area contributed by atoms with Crippen molar-refractivity contribution in [2.75, 3.05) is 31.3 Å². The predicted octanol–water partition coefficient (Wildman–Crippen LogP) is 1.06. The van der Waals surface area contributed by atoms with Gasteiger partial charge in [0.2, 0.25) is 0 Å². The summed E-state index contributed by atoms with van der Waals surface area (Å²) in [5.74, 6) is -0.794. The van der Waals surface area contributed by atoms with Crippen molar-refractivity contribution in [3.8, 4) is 5.75 Å². The van der Waals surface area contributed by atoms with Crippen LogP contribution in [0, 0.1) is 11.0 Å². The van der Waals surface area contributed by atoms with Gasteiger partial charge < -0.3 is 14.8 Å². The highest BCUT2D eigenvalue weighted by molar-refractivity contribution is 7.92. The number of amides is 1. The number of ether oxygens (including phenoxy) is 1. The van der Waals surface area contributed by atoms with Crippen LogP contribution in [0.25, 0.3) is 0 Å². The third-order valence-corrected chi connectivity index (χ3v) is 5.86. The van der Waals surface area contributed by atoms with E-state index in [9.17, 15) is 22.8 Å². The van der Waals surface area contributed by atoms with Crippen molar-refractivity contribution in [1.29, 1.82) is 0 Å². The van der Waals surface area contributed by atoms with Gasteiger partial charge in [-0.3, -0.25) is 4.79 Å². The van der Waals surface area contributed by atoms with Crippen molar-refractivity contribution in [3.63, 3.8) is 0 Å². The summed E-state index contributed by atoms with van der Waals surface area (Å²) in [5, 5.41) is 12.4. The molecule has 2 heterocycles. The van der Waals surface area contributed by atoms with Crippen LogP contribution in [0.2, 0.25) is 0 Å². The van der Waals surface area contributed by atoms with Crippen molar-refractivity contribution in [1.82, 2.24) is 4.90 Å². The Morgan fingerprint density at radius 2 is 1.96 bits per heavy atom. The SMILES string of the molecule is COc1c[n+]([O-])c(N(C)S(C)(=O)=O)c2c1C(=O)N(Cc1ccc(F)cc1)CC2. The maximum absolute atomic E-state index is 13.1. The molecule has 1 aliphatic rings. The van der Waals surface area contributed by atoms with Gasteiger partial charge in [-0.2, -0.15) is 12.7 Å². The van der Waals surface area contributed by atoms with Crippen LogP contribution in [0.3, 0.4) is 0 Å². The molecule has 150 valence electrons. The molecular weight excluding hydrogens is 389 g/mol. The fourth-order valence-electron chi connectivity index (χ4n) is 3.21. The van der Waals surface area contributed by atoms with Crippen molar-refractivity contribution in [2.24, 2.45) is 0 Å². The molecule has 0 spiro atoms. The second-order valence-corrected chi connectivity index (χ2v) is 8.55. The lowest BCUT2D eigenvalue weighted by molar-refractivity contribution is -0.592. The van der Waals surface area contributed by atoms with E-state index in [2.05, 4.69) is 0 Å². The Morgan fingerprint density at radius 3 is 2.54 bits per heavy atom. The Morgan fingerprint density at radius 1 is 1.32 bits per heavy atom. The normalized spacial score (nSPS) is 14.0. The molecule has 0 bridgehead atoms. The summed E-state index contributed by atoms with van der Waals surface area (Å²) in [5.41, 5.74) is 1.23. The molecule has 1 aliphatic heterocycles. The smallest absolute Gasteiger partial charge is 0.299 e. The van der Waals surface area contributed by atoms with E-state index in [-0.39, 0.29) is 48.4 Å². The first-order valence-corrected chi connectivity index (χ1v) is 10.3. The van der Waals surface area contributed by atoms with E-state index in [1.165, 1.54) is 26.3 Å². The molecule has 8 nitrogen and oxygen atoms in total. The lowest BCUT2D eigenvalue weighted by Crippen LogP contribution is -2.45.